The Morgan fingerprint density at radius 3 is 2.45 bits per heavy atom. The van der Waals surface area contributed by atoms with Crippen molar-refractivity contribution in [3.05, 3.63) is 11.6 Å². The molecule has 0 amide bonds. The maximum Gasteiger partial charge on any atom is 0.194 e. The first-order chi connectivity index (χ1) is 10.2. The summed E-state index contributed by atoms with van der Waals surface area (Å²) < 4.78 is 2.01. The van der Waals surface area contributed by atoms with Gasteiger partial charge in [0.1, 0.15) is 12.4 Å². The fraction of sp³-hybridized carbons (Fsp3) is 0.800. The molecule has 2 fully saturated rings. The van der Waals surface area contributed by atoms with Crippen molar-refractivity contribution in [2.45, 2.75) is 58.0 Å². The van der Waals surface area contributed by atoms with E-state index in [9.17, 15) is 0 Å². The molecule has 22 heavy (non-hydrogen) atoms. The van der Waals surface area contributed by atoms with Crippen LogP contribution in [-0.4, -0.2) is 44.8 Å². The second kappa shape index (κ2) is 8.12. The van der Waals surface area contributed by atoms with Gasteiger partial charge in [0.2, 0.25) is 0 Å². The van der Waals surface area contributed by atoms with Crippen molar-refractivity contribution in [1.82, 2.24) is 25.0 Å². The second-order valence-corrected chi connectivity index (χ2v) is 6.18. The van der Waals surface area contributed by atoms with Crippen LogP contribution < -0.4 is 5.32 Å². The summed E-state index contributed by atoms with van der Waals surface area (Å²) in [4.78, 5) is 7.21. The molecule has 1 aromatic rings. The predicted octanol–water partition coefficient (Wildman–Crippen LogP) is 2.23. The van der Waals surface area contributed by atoms with Crippen LogP contribution in [-0.2, 0) is 13.6 Å². The van der Waals surface area contributed by atoms with Crippen molar-refractivity contribution in [3.8, 4) is 0 Å². The second-order valence-electron chi connectivity index (χ2n) is 6.18. The number of aryl methyl sites for hydroxylation is 1. The SMILES string of the molecule is Cc1nnc(CN=C(NC2CCCC2)N2CCCC2)n1C.I. The number of rotatable bonds is 3. The highest BCUT2D eigenvalue weighted by molar-refractivity contribution is 14.0. The zero-order valence-corrected chi connectivity index (χ0v) is 15.9. The van der Waals surface area contributed by atoms with Crippen molar-refractivity contribution < 1.29 is 0 Å². The fourth-order valence-electron chi connectivity index (χ4n) is 3.15. The zero-order chi connectivity index (χ0) is 14.7. The Bertz CT molecular complexity index is 500. The van der Waals surface area contributed by atoms with E-state index in [0.717, 1.165) is 30.7 Å². The topological polar surface area (TPSA) is 58.3 Å². The van der Waals surface area contributed by atoms with Crippen LogP contribution in [0, 0.1) is 6.92 Å². The highest BCUT2D eigenvalue weighted by Crippen LogP contribution is 2.19. The van der Waals surface area contributed by atoms with E-state index in [4.69, 9.17) is 4.99 Å². The molecule has 0 bridgehead atoms. The molecule has 2 aliphatic rings. The average molecular weight is 418 g/mol. The van der Waals surface area contributed by atoms with Crippen LogP contribution in [0.4, 0.5) is 0 Å². The van der Waals surface area contributed by atoms with E-state index in [0.29, 0.717) is 12.6 Å². The molecule has 1 saturated heterocycles. The number of guanidine groups is 1. The first kappa shape index (κ1) is 17.5. The summed E-state index contributed by atoms with van der Waals surface area (Å²) in [6, 6.07) is 0.602. The van der Waals surface area contributed by atoms with Crippen molar-refractivity contribution in [2.75, 3.05) is 13.1 Å². The van der Waals surface area contributed by atoms with Crippen LogP contribution in [0.1, 0.15) is 50.2 Å². The molecule has 7 heteroatoms. The minimum atomic E-state index is 0. The Hall–Kier alpha value is -0.860. The molecule has 2 heterocycles. The number of aromatic nitrogens is 3. The lowest BCUT2D eigenvalue weighted by Gasteiger charge is -2.24. The molecule has 6 nitrogen and oxygen atoms in total. The number of nitrogens with zero attached hydrogens (tertiary/aromatic N) is 5. The summed E-state index contributed by atoms with van der Waals surface area (Å²) in [5, 5.41) is 12.0. The van der Waals surface area contributed by atoms with E-state index >= 15 is 0 Å². The normalized spacial score (nSPS) is 19.5. The number of likely N-dealkylation sites (tertiary alicyclic amines) is 1. The van der Waals surface area contributed by atoms with Gasteiger partial charge >= 0.3 is 0 Å². The fourth-order valence-corrected chi connectivity index (χ4v) is 3.15. The summed E-state index contributed by atoms with van der Waals surface area (Å²) in [7, 11) is 2.00. The molecule has 0 atom stereocenters. The highest BCUT2D eigenvalue weighted by atomic mass is 127. The largest absolute Gasteiger partial charge is 0.353 e. The lowest BCUT2D eigenvalue weighted by Crippen LogP contribution is -2.44. The van der Waals surface area contributed by atoms with Crippen LogP contribution in [0.15, 0.2) is 4.99 Å². The quantitative estimate of drug-likeness (QED) is 0.465. The van der Waals surface area contributed by atoms with Crippen LogP contribution in [0.25, 0.3) is 0 Å². The number of hydrogen-bond acceptors (Lipinski definition) is 3. The van der Waals surface area contributed by atoms with Crippen LogP contribution >= 0.6 is 24.0 Å². The molecule has 0 radical (unpaired) electrons. The van der Waals surface area contributed by atoms with E-state index < -0.39 is 0 Å². The Labute approximate surface area is 149 Å². The van der Waals surface area contributed by atoms with E-state index in [1.54, 1.807) is 0 Å². The maximum atomic E-state index is 4.82. The van der Waals surface area contributed by atoms with Gasteiger partial charge in [-0.2, -0.15) is 0 Å². The summed E-state index contributed by atoms with van der Waals surface area (Å²) >= 11 is 0. The van der Waals surface area contributed by atoms with Crippen LogP contribution in [0.2, 0.25) is 0 Å². The van der Waals surface area contributed by atoms with Gasteiger partial charge in [-0.25, -0.2) is 4.99 Å². The average Bonchev–Trinajstić information content (AvgIpc) is 3.21. The molecule has 0 spiro atoms. The van der Waals surface area contributed by atoms with Gasteiger partial charge in [0, 0.05) is 26.2 Å². The Kier molecular flexibility index (Phi) is 6.46. The first-order valence-corrected chi connectivity index (χ1v) is 8.15. The Balaban J connectivity index is 0.00000176. The number of aliphatic imine (C=N–C) groups is 1. The lowest BCUT2D eigenvalue weighted by atomic mass is 10.2. The van der Waals surface area contributed by atoms with Gasteiger partial charge < -0.3 is 14.8 Å². The van der Waals surface area contributed by atoms with Gasteiger partial charge in [0.15, 0.2) is 11.8 Å². The van der Waals surface area contributed by atoms with Gasteiger partial charge in [-0.3, -0.25) is 0 Å². The van der Waals surface area contributed by atoms with Crippen molar-refractivity contribution in [2.24, 2.45) is 12.0 Å². The van der Waals surface area contributed by atoms with E-state index in [1.807, 2.05) is 18.5 Å². The van der Waals surface area contributed by atoms with Gasteiger partial charge in [-0.15, -0.1) is 34.2 Å². The summed E-state index contributed by atoms with van der Waals surface area (Å²) in [5.41, 5.74) is 0. The van der Waals surface area contributed by atoms with E-state index in [1.165, 1.54) is 38.5 Å². The minimum Gasteiger partial charge on any atom is -0.353 e. The predicted molar refractivity (Wildman–Crippen MR) is 98.5 cm³/mol. The van der Waals surface area contributed by atoms with Gasteiger partial charge in [-0.05, 0) is 32.6 Å². The van der Waals surface area contributed by atoms with Crippen molar-refractivity contribution in [3.63, 3.8) is 0 Å². The zero-order valence-electron chi connectivity index (χ0n) is 13.6. The third kappa shape index (κ3) is 4.11. The first-order valence-electron chi connectivity index (χ1n) is 8.15. The molecular weight excluding hydrogens is 391 g/mol. The summed E-state index contributed by atoms with van der Waals surface area (Å²) in [6.45, 7) is 4.81. The third-order valence-electron chi connectivity index (χ3n) is 4.65. The molecule has 3 rings (SSSR count). The summed E-state index contributed by atoms with van der Waals surface area (Å²) in [5.74, 6) is 2.93. The number of halogens is 1. The molecule has 124 valence electrons. The smallest absolute Gasteiger partial charge is 0.194 e. The summed E-state index contributed by atoms with van der Waals surface area (Å²) in [6.07, 6.45) is 7.77. The van der Waals surface area contributed by atoms with E-state index in [2.05, 4.69) is 20.4 Å². The minimum absolute atomic E-state index is 0. The maximum absolute atomic E-state index is 4.82. The Morgan fingerprint density at radius 1 is 1.18 bits per heavy atom. The standard InChI is InChI=1S/C15H26N6.HI/c1-12-18-19-14(20(12)2)11-16-15(21-9-5-6-10-21)17-13-7-3-4-8-13;/h13H,3-11H2,1-2H3,(H,16,17);1H. The Morgan fingerprint density at radius 2 is 1.86 bits per heavy atom. The molecule has 1 aliphatic heterocycles. The highest BCUT2D eigenvalue weighted by Gasteiger charge is 2.21. The monoisotopic (exact) mass is 418 g/mol. The van der Waals surface area contributed by atoms with Gasteiger partial charge in [0.05, 0.1) is 0 Å². The van der Waals surface area contributed by atoms with Crippen LogP contribution in [0.5, 0.6) is 0 Å². The molecule has 1 aliphatic carbocycles. The molecule has 0 aromatic carbocycles. The van der Waals surface area contributed by atoms with Gasteiger partial charge in [0.25, 0.3) is 0 Å². The van der Waals surface area contributed by atoms with E-state index in [-0.39, 0.29) is 24.0 Å². The molecule has 1 aromatic heterocycles. The third-order valence-corrected chi connectivity index (χ3v) is 4.65. The van der Waals surface area contributed by atoms with Crippen LogP contribution in [0.3, 0.4) is 0 Å². The lowest BCUT2D eigenvalue weighted by molar-refractivity contribution is 0.470. The molecule has 0 unspecified atom stereocenters. The number of nitrogens with one attached hydrogen (secondary N) is 1. The number of hydrogen-bond donors (Lipinski definition) is 1. The molecule has 1 saturated carbocycles. The molecular formula is C15H27IN6. The molecule has 1 N–H and O–H groups in total. The van der Waals surface area contributed by atoms with Crippen molar-refractivity contribution in [1.29, 1.82) is 0 Å². The van der Waals surface area contributed by atoms with Gasteiger partial charge in [-0.1, -0.05) is 12.8 Å². The van der Waals surface area contributed by atoms with Crippen molar-refractivity contribution >= 4 is 29.9 Å².